The molecule has 0 spiro atoms. The van der Waals surface area contributed by atoms with Gasteiger partial charge in [0.25, 0.3) is 0 Å². The molecule has 0 aliphatic rings. The van der Waals surface area contributed by atoms with Gasteiger partial charge in [0, 0.05) is 33.4 Å². The largest absolute Gasteiger partial charge is 0.455 e. The molecule has 10 rings (SSSR count). The number of hydrogen-bond acceptors (Lipinski definition) is 2. The van der Waals surface area contributed by atoms with Crippen molar-refractivity contribution in [2.24, 2.45) is 0 Å². The molecule has 0 bridgehead atoms. The minimum Gasteiger partial charge on any atom is -0.455 e. The van der Waals surface area contributed by atoms with E-state index in [4.69, 9.17) is 4.42 Å². The third-order valence-electron chi connectivity index (χ3n) is 10.7. The zero-order valence-electron chi connectivity index (χ0n) is 30.7. The van der Waals surface area contributed by atoms with Gasteiger partial charge in [-0.2, -0.15) is 0 Å². The predicted molar refractivity (Wildman–Crippen MR) is 236 cm³/mol. The molecule has 1 heterocycles. The highest BCUT2D eigenvalue weighted by Crippen LogP contribution is 2.40. The molecular formula is C54H37NO. The Morgan fingerprint density at radius 3 is 1.14 bits per heavy atom. The summed E-state index contributed by atoms with van der Waals surface area (Å²) in [6.07, 6.45) is 0. The number of nitrogens with zero attached hydrogens (tertiary/aromatic N) is 1. The highest BCUT2D eigenvalue weighted by Gasteiger charge is 2.16. The van der Waals surface area contributed by atoms with Gasteiger partial charge in [-0.1, -0.05) is 170 Å². The standard InChI is InChI=1S/C54H37NO/c1-3-12-38(13-4-1)43-16-9-18-45(36-43)40-24-30-47(31-25-40)55(48-32-26-41(27-33-48)46-19-10-17-44(37-46)39-14-5-2-6-15-39)49-34-28-42(29-35-49)50-21-11-22-52-51-20-7-8-23-53(51)56-54(50)52/h1-37H. The van der Waals surface area contributed by atoms with Gasteiger partial charge in [0.15, 0.2) is 0 Å². The minimum absolute atomic E-state index is 0.906. The number of para-hydroxylation sites is 2. The van der Waals surface area contributed by atoms with Crippen molar-refractivity contribution in [2.75, 3.05) is 4.90 Å². The van der Waals surface area contributed by atoms with Gasteiger partial charge in [0.1, 0.15) is 11.2 Å². The van der Waals surface area contributed by atoms with E-state index >= 15 is 0 Å². The molecule has 0 aliphatic heterocycles. The van der Waals surface area contributed by atoms with Gasteiger partial charge in [0.2, 0.25) is 0 Å². The minimum atomic E-state index is 0.906. The molecule has 0 aliphatic carbocycles. The van der Waals surface area contributed by atoms with Gasteiger partial charge >= 0.3 is 0 Å². The molecule has 2 nitrogen and oxygen atoms in total. The van der Waals surface area contributed by atoms with Crippen LogP contribution >= 0.6 is 0 Å². The Morgan fingerprint density at radius 1 is 0.268 bits per heavy atom. The first-order valence-corrected chi connectivity index (χ1v) is 19.1. The molecule has 0 amide bonds. The van der Waals surface area contributed by atoms with E-state index in [9.17, 15) is 0 Å². The Morgan fingerprint density at radius 2 is 0.643 bits per heavy atom. The summed E-state index contributed by atoms with van der Waals surface area (Å²) in [5.41, 5.74) is 16.8. The summed E-state index contributed by atoms with van der Waals surface area (Å²) < 4.78 is 6.40. The molecule has 10 aromatic rings. The van der Waals surface area contributed by atoms with E-state index in [-0.39, 0.29) is 0 Å². The van der Waals surface area contributed by atoms with Crippen LogP contribution in [-0.2, 0) is 0 Å². The van der Waals surface area contributed by atoms with Crippen LogP contribution in [0.4, 0.5) is 17.1 Å². The summed E-state index contributed by atoms with van der Waals surface area (Å²) in [7, 11) is 0. The van der Waals surface area contributed by atoms with E-state index in [0.717, 1.165) is 50.1 Å². The highest BCUT2D eigenvalue weighted by atomic mass is 16.3. The average Bonchev–Trinajstić information content (AvgIpc) is 3.67. The Bertz CT molecular complexity index is 2800. The van der Waals surface area contributed by atoms with Crippen LogP contribution in [0, 0.1) is 0 Å². The third kappa shape index (κ3) is 6.34. The van der Waals surface area contributed by atoms with E-state index in [1.54, 1.807) is 0 Å². The summed E-state index contributed by atoms with van der Waals surface area (Å²) in [5.74, 6) is 0. The van der Waals surface area contributed by atoms with Crippen molar-refractivity contribution in [3.05, 3.63) is 224 Å². The number of anilines is 3. The zero-order chi connectivity index (χ0) is 37.3. The van der Waals surface area contributed by atoms with Crippen LogP contribution in [0.2, 0.25) is 0 Å². The Hall–Kier alpha value is -7.42. The van der Waals surface area contributed by atoms with Crippen molar-refractivity contribution in [3.8, 4) is 55.6 Å². The molecule has 0 saturated carbocycles. The van der Waals surface area contributed by atoms with Gasteiger partial charge in [0.05, 0.1) is 0 Å². The second-order valence-electron chi connectivity index (χ2n) is 14.2. The van der Waals surface area contributed by atoms with Crippen molar-refractivity contribution in [3.63, 3.8) is 0 Å². The van der Waals surface area contributed by atoms with Crippen molar-refractivity contribution in [1.29, 1.82) is 0 Å². The fourth-order valence-corrected chi connectivity index (χ4v) is 7.84. The van der Waals surface area contributed by atoms with Crippen molar-refractivity contribution >= 4 is 39.0 Å². The van der Waals surface area contributed by atoms with Crippen molar-refractivity contribution < 1.29 is 4.42 Å². The molecule has 2 heteroatoms. The van der Waals surface area contributed by atoms with E-state index in [0.29, 0.717) is 0 Å². The molecule has 56 heavy (non-hydrogen) atoms. The lowest BCUT2D eigenvalue weighted by Gasteiger charge is -2.26. The van der Waals surface area contributed by atoms with Crippen LogP contribution in [0.3, 0.4) is 0 Å². The van der Waals surface area contributed by atoms with E-state index in [1.165, 1.54) is 44.5 Å². The van der Waals surface area contributed by atoms with Crippen molar-refractivity contribution in [2.45, 2.75) is 0 Å². The number of hydrogen-bond donors (Lipinski definition) is 0. The van der Waals surface area contributed by atoms with Crippen LogP contribution < -0.4 is 4.90 Å². The Balaban J connectivity index is 1.02. The molecule has 0 unspecified atom stereocenters. The molecular weight excluding hydrogens is 679 g/mol. The lowest BCUT2D eigenvalue weighted by atomic mass is 9.98. The Kier molecular flexibility index (Phi) is 8.55. The molecule has 0 radical (unpaired) electrons. The van der Waals surface area contributed by atoms with Crippen LogP contribution in [0.25, 0.3) is 77.6 Å². The molecule has 1 aromatic heterocycles. The smallest absolute Gasteiger partial charge is 0.143 e. The Labute approximate surface area is 327 Å². The fourth-order valence-electron chi connectivity index (χ4n) is 7.84. The maximum absolute atomic E-state index is 6.40. The molecule has 264 valence electrons. The molecule has 0 N–H and O–H groups in total. The van der Waals surface area contributed by atoms with Crippen molar-refractivity contribution in [1.82, 2.24) is 0 Å². The summed E-state index contributed by atoms with van der Waals surface area (Å²) in [4.78, 5) is 2.33. The lowest BCUT2D eigenvalue weighted by Crippen LogP contribution is -2.09. The van der Waals surface area contributed by atoms with Gasteiger partial charge < -0.3 is 9.32 Å². The summed E-state index contributed by atoms with van der Waals surface area (Å²) in [5, 5.41) is 2.27. The third-order valence-corrected chi connectivity index (χ3v) is 10.7. The number of rotatable bonds is 8. The second kappa shape index (κ2) is 14.4. The van der Waals surface area contributed by atoms with Crippen LogP contribution in [0.1, 0.15) is 0 Å². The number of fused-ring (bicyclic) bond motifs is 3. The monoisotopic (exact) mass is 715 g/mol. The topological polar surface area (TPSA) is 16.4 Å². The number of benzene rings is 9. The first-order chi connectivity index (χ1) is 27.7. The fraction of sp³-hybridized carbons (Fsp3) is 0. The van der Waals surface area contributed by atoms with Gasteiger partial charge in [-0.3, -0.25) is 0 Å². The first-order valence-electron chi connectivity index (χ1n) is 19.1. The molecule has 0 atom stereocenters. The molecule has 0 saturated heterocycles. The highest BCUT2D eigenvalue weighted by molar-refractivity contribution is 6.09. The normalized spacial score (nSPS) is 11.2. The van der Waals surface area contributed by atoms with Gasteiger partial charge in [-0.05, 0) is 105 Å². The quantitative estimate of drug-likeness (QED) is 0.156. The van der Waals surface area contributed by atoms with Gasteiger partial charge in [-0.25, -0.2) is 0 Å². The number of furan rings is 1. The summed E-state index contributed by atoms with van der Waals surface area (Å²) >= 11 is 0. The summed E-state index contributed by atoms with van der Waals surface area (Å²) in [6, 6.07) is 80.0. The van der Waals surface area contributed by atoms with Crippen LogP contribution in [0.5, 0.6) is 0 Å². The van der Waals surface area contributed by atoms with Crippen LogP contribution in [0.15, 0.2) is 229 Å². The van der Waals surface area contributed by atoms with E-state index in [1.807, 2.05) is 12.1 Å². The maximum Gasteiger partial charge on any atom is 0.143 e. The molecule has 0 fully saturated rings. The zero-order valence-corrected chi connectivity index (χ0v) is 30.7. The summed E-state index contributed by atoms with van der Waals surface area (Å²) in [6.45, 7) is 0. The average molecular weight is 716 g/mol. The van der Waals surface area contributed by atoms with Crippen LogP contribution in [-0.4, -0.2) is 0 Å². The molecule has 9 aromatic carbocycles. The maximum atomic E-state index is 6.40. The second-order valence-corrected chi connectivity index (χ2v) is 14.2. The SMILES string of the molecule is c1ccc(-c2cccc(-c3ccc(N(c4ccc(-c5cccc(-c6ccccc6)c5)cc4)c4ccc(-c5cccc6c5oc5ccccc56)cc4)cc3)c2)cc1. The van der Waals surface area contributed by atoms with Gasteiger partial charge in [-0.15, -0.1) is 0 Å². The lowest BCUT2D eigenvalue weighted by molar-refractivity contribution is 0.670. The van der Waals surface area contributed by atoms with E-state index < -0.39 is 0 Å². The van der Waals surface area contributed by atoms with E-state index in [2.05, 4.69) is 217 Å². The first kappa shape index (κ1) is 33.2. The predicted octanol–water partition coefficient (Wildman–Crippen LogP) is 15.4.